The molecule has 0 spiro atoms. The summed E-state index contributed by atoms with van der Waals surface area (Å²) in [5, 5.41) is 0. The lowest BCUT2D eigenvalue weighted by Crippen LogP contribution is -2.05. The van der Waals surface area contributed by atoms with Gasteiger partial charge in [-0.05, 0) is 12.1 Å². The molecule has 0 heterocycles. The number of rotatable bonds is 4. The van der Waals surface area contributed by atoms with Crippen LogP contribution >= 0.6 is 11.6 Å². The standard InChI is InChI=1S/C8H9ClO4S/c9-5-6-13-7-3-1-2-4-8(7)14(10,11)12/h1-4H,5-6H2,(H,10,11,12). The van der Waals surface area contributed by atoms with Crippen LogP contribution in [0, 0.1) is 0 Å². The maximum Gasteiger partial charge on any atom is 0.298 e. The number of hydrogen-bond acceptors (Lipinski definition) is 3. The van der Waals surface area contributed by atoms with Crippen LogP contribution in [0.5, 0.6) is 5.75 Å². The van der Waals surface area contributed by atoms with Gasteiger partial charge < -0.3 is 4.74 Å². The molecule has 0 saturated heterocycles. The van der Waals surface area contributed by atoms with E-state index in [9.17, 15) is 8.42 Å². The van der Waals surface area contributed by atoms with E-state index in [1.807, 2.05) is 0 Å². The molecule has 0 aliphatic carbocycles. The van der Waals surface area contributed by atoms with Crippen molar-refractivity contribution in [2.75, 3.05) is 12.5 Å². The minimum absolute atomic E-state index is 0.107. The molecule has 6 heteroatoms. The number of halogens is 1. The Labute approximate surface area is 87.2 Å². The van der Waals surface area contributed by atoms with E-state index in [4.69, 9.17) is 20.9 Å². The van der Waals surface area contributed by atoms with E-state index in [0.29, 0.717) is 0 Å². The molecule has 1 rings (SSSR count). The zero-order chi connectivity index (χ0) is 10.6. The highest BCUT2D eigenvalue weighted by molar-refractivity contribution is 7.86. The Hall–Kier alpha value is -0.780. The van der Waals surface area contributed by atoms with Gasteiger partial charge in [0.2, 0.25) is 0 Å². The van der Waals surface area contributed by atoms with Gasteiger partial charge in [0.25, 0.3) is 10.1 Å². The SMILES string of the molecule is O=S(=O)(O)c1ccccc1OCCCl. The lowest BCUT2D eigenvalue weighted by molar-refractivity contribution is 0.331. The van der Waals surface area contributed by atoms with Gasteiger partial charge in [0.1, 0.15) is 17.3 Å². The van der Waals surface area contributed by atoms with Crippen LogP contribution in [-0.2, 0) is 10.1 Å². The molecule has 1 N–H and O–H groups in total. The molecule has 0 aliphatic rings. The Balaban J connectivity index is 3.04. The van der Waals surface area contributed by atoms with E-state index in [-0.39, 0.29) is 23.1 Å². The van der Waals surface area contributed by atoms with Gasteiger partial charge in [0.15, 0.2) is 0 Å². The highest BCUT2D eigenvalue weighted by Crippen LogP contribution is 2.22. The average Bonchev–Trinajstić information content (AvgIpc) is 2.14. The number of hydrogen-bond donors (Lipinski definition) is 1. The first-order valence-corrected chi connectivity index (χ1v) is 5.78. The molecule has 0 unspecified atom stereocenters. The van der Waals surface area contributed by atoms with Gasteiger partial charge in [0.05, 0.1) is 5.88 Å². The minimum Gasteiger partial charge on any atom is -0.491 e. The Bertz CT molecular complexity index is 402. The summed E-state index contributed by atoms with van der Waals surface area (Å²) >= 11 is 5.38. The largest absolute Gasteiger partial charge is 0.491 e. The molecule has 0 amide bonds. The summed E-state index contributed by atoms with van der Waals surface area (Å²) in [5.74, 6) is 0.357. The number of benzene rings is 1. The molecular weight excluding hydrogens is 228 g/mol. The second kappa shape index (κ2) is 4.63. The number of para-hydroxylation sites is 1. The van der Waals surface area contributed by atoms with Crippen LogP contribution in [0.15, 0.2) is 29.2 Å². The Morgan fingerprint density at radius 1 is 1.36 bits per heavy atom. The van der Waals surface area contributed by atoms with Crippen LogP contribution in [0.3, 0.4) is 0 Å². The number of alkyl halides is 1. The third kappa shape index (κ3) is 2.87. The molecule has 1 aromatic carbocycles. The van der Waals surface area contributed by atoms with Gasteiger partial charge in [-0.2, -0.15) is 8.42 Å². The van der Waals surface area contributed by atoms with Crippen molar-refractivity contribution in [1.29, 1.82) is 0 Å². The highest BCUT2D eigenvalue weighted by Gasteiger charge is 2.15. The first-order valence-electron chi connectivity index (χ1n) is 3.81. The monoisotopic (exact) mass is 236 g/mol. The van der Waals surface area contributed by atoms with Crippen molar-refractivity contribution in [2.24, 2.45) is 0 Å². The van der Waals surface area contributed by atoms with Crippen molar-refractivity contribution < 1.29 is 17.7 Å². The molecule has 0 aromatic heterocycles. The maximum absolute atomic E-state index is 10.9. The summed E-state index contributed by atoms with van der Waals surface area (Å²) in [6, 6.07) is 5.82. The van der Waals surface area contributed by atoms with Crippen molar-refractivity contribution in [1.82, 2.24) is 0 Å². The molecule has 0 aliphatic heterocycles. The normalized spacial score (nSPS) is 11.3. The molecule has 0 radical (unpaired) electrons. The highest BCUT2D eigenvalue weighted by atomic mass is 35.5. The van der Waals surface area contributed by atoms with Crippen LogP contribution in [0.25, 0.3) is 0 Å². The van der Waals surface area contributed by atoms with Crippen molar-refractivity contribution in [2.45, 2.75) is 4.90 Å². The summed E-state index contributed by atoms with van der Waals surface area (Å²) in [6.45, 7) is 0.189. The zero-order valence-corrected chi connectivity index (χ0v) is 8.75. The molecule has 0 atom stereocenters. The van der Waals surface area contributed by atoms with Crippen molar-refractivity contribution in [3.63, 3.8) is 0 Å². The summed E-state index contributed by atoms with van der Waals surface area (Å²) in [7, 11) is -4.23. The van der Waals surface area contributed by atoms with Crippen LogP contribution < -0.4 is 4.74 Å². The molecule has 0 fully saturated rings. The molecule has 0 bridgehead atoms. The molecule has 14 heavy (non-hydrogen) atoms. The fourth-order valence-electron chi connectivity index (χ4n) is 0.931. The quantitative estimate of drug-likeness (QED) is 0.636. The summed E-state index contributed by atoms with van der Waals surface area (Å²) in [4.78, 5) is -0.245. The molecular formula is C8H9ClO4S. The van der Waals surface area contributed by atoms with Crippen LogP contribution in [0.2, 0.25) is 0 Å². The molecule has 4 nitrogen and oxygen atoms in total. The third-order valence-electron chi connectivity index (χ3n) is 1.46. The van der Waals surface area contributed by atoms with E-state index in [0.717, 1.165) is 0 Å². The Morgan fingerprint density at radius 2 is 2.00 bits per heavy atom. The number of ether oxygens (including phenoxy) is 1. The van der Waals surface area contributed by atoms with Crippen molar-refractivity contribution >= 4 is 21.7 Å². The molecule has 78 valence electrons. The van der Waals surface area contributed by atoms with Crippen LogP contribution in [0.1, 0.15) is 0 Å². The maximum atomic E-state index is 10.9. The Kier molecular flexibility index (Phi) is 3.74. The third-order valence-corrected chi connectivity index (χ3v) is 2.51. The van der Waals surface area contributed by atoms with E-state index >= 15 is 0 Å². The first-order chi connectivity index (χ1) is 6.55. The summed E-state index contributed by atoms with van der Waals surface area (Å²) in [6.07, 6.45) is 0. The molecule has 1 aromatic rings. The molecule has 0 saturated carbocycles. The predicted octanol–water partition coefficient (Wildman–Crippen LogP) is 1.55. The van der Waals surface area contributed by atoms with E-state index < -0.39 is 10.1 Å². The lowest BCUT2D eigenvalue weighted by atomic mass is 10.3. The average molecular weight is 237 g/mol. The fraction of sp³-hybridized carbons (Fsp3) is 0.250. The predicted molar refractivity (Wildman–Crippen MR) is 52.5 cm³/mol. The smallest absolute Gasteiger partial charge is 0.298 e. The van der Waals surface area contributed by atoms with Crippen molar-refractivity contribution in [3.05, 3.63) is 24.3 Å². The minimum atomic E-state index is -4.23. The van der Waals surface area contributed by atoms with Gasteiger partial charge in [-0.3, -0.25) is 4.55 Å². The van der Waals surface area contributed by atoms with Gasteiger partial charge in [0, 0.05) is 0 Å². The summed E-state index contributed by atoms with van der Waals surface area (Å²) in [5.41, 5.74) is 0. The van der Waals surface area contributed by atoms with Crippen LogP contribution in [-0.4, -0.2) is 25.5 Å². The van der Waals surface area contributed by atoms with Crippen molar-refractivity contribution in [3.8, 4) is 5.75 Å². The first kappa shape index (κ1) is 11.3. The second-order valence-corrected chi connectivity index (χ2v) is 4.23. The van der Waals surface area contributed by atoms with E-state index in [1.165, 1.54) is 18.2 Å². The second-order valence-electron chi connectivity index (χ2n) is 2.46. The Morgan fingerprint density at radius 3 is 2.57 bits per heavy atom. The van der Waals surface area contributed by atoms with Crippen LogP contribution in [0.4, 0.5) is 0 Å². The van der Waals surface area contributed by atoms with Gasteiger partial charge in [-0.25, -0.2) is 0 Å². The summed E-state index contributed by atoms with van der Waals surface area (Å²) < 4.78 is 35.6. The fourth-order valence-corrected chi connectivity index (χ4v) is 1.64. The van der Waals surface area contributed by atoms with Gasteiger partial charge in [-0.1, -0.05) is 12.1 Å². The van der Waals surface area contributed by atoms with Gasteiger partial charge in [-0.15, -0.1) is 11.6 Å². The lowest BCUT2D eigenvalue weighted by Gasteiger charge is -2.07. The zero-order valence-electron chi connectivity index (χ0n) is 7.18. The van der Waals surface area contributed by atoms with E-state index in [1.54, 1.807) is 6.07 Å². The van der Waals surface area contributed by atoms with E-state index in [2.05, 4.69) is 0 Å². The van der Waals surface area contributed by atoms with Gasteiger partial charge >= 0.3 is 0 Å². The topological polar surface area (TPSA) is 63.6 Å².